The molecule has 0 aliphatic heterocycles. The Morgan fingerprint density at radius 2 is 1.79 bits per heavy atom. The SMILES string of the molecule is CC(Cc1ccc(C(F)(F)F)cc1)C(=O)NCc1cccc(OCC(=O)O)c1. The summed E-state index contributed by atoms with van der Waals surface area (Å²) >= 11 is 0. The van der Waals surface area contributed by atoms with Crippen LogP contribution in [0, 0.1) is 5.92 Å². The average molecular weight is 395 g/mol. The minimum atomic E-state index is -4.38. The van der Waals surface area contributed by atoms with Crippen LogP contribution >= 0.6 is 0 Å². The van der Waals surface area contributed by atoms with Gasteiger partial charge in [-0.25, -0.2) is 4.79 Å². The summed E-state index contributed by atoms with van der Waals surface area (Å²) in [5, 5.41) is 11.4. The molecule has 0 bridgehead atoms. The van der Waals surface area contributed by atoms with Gasteiger partial charge < -0.3 is 15.2 Å². The topological polar surface area (TPSA) is 75.6 Å². The molecule has 0 aromatic heterocycles. The molecule has 0 saturated carbocycles. The lowest BCUT2D eigenvalue weighted by Crippen LogP contribution is -2.29. The van der Waals surface area contributed by atoms with Gasteiger partial charge in [0.1, 0.15) is 5.75 Å². The second-order valence-corrected chi connectivity index (χ2v) is 6.35. The summed E-state index contributed by atoms with van der Waals surface area (Å²) < 4.78 is 42.8. The fourth-order valence-corrected chi connectivity index (χ4v) is 2.53. The number of alkyl halides is 3. The normalized spacial score (nSPS) is 12.3. The van der Waals surface area contributed by atoms with Crippen LogP contribution in [0.3, 0.4) is 0 Å². The van der Waals surface area contributed by atoms with Crippen molar-refractivity contribution in [1.29, 1.82) is 0 Å². The van der Waals surface area contributed by atoms with E-state index in [1.54, 1.807) is 31.2 Å². The molecule has 0 aliphatic carbocycles. The predicted octanol–water partition coefficient (Wildman–Crippen LogP) is 3.66. The second kappa shape index (κ2) is 9.25. The summed E-state index contributed by atoms with van der Waals surface area (Å²) in [5.74, 6) is -1.37. The smallest absolute Gasteiger partial charge is 0.416 e. The largest absolute Gasteiger partial charge is 0.482 e. The minimum absolute atomic E-state index is 0.223. The molecule has 150 valence electrons. The highest BCUT2D eigenvalue weighted by Crippen LogP contribution is 2.29. The summed E-state index contributed by atoms with van der Waals surface area (Å²) in [6, 6.07) is 11.4. The maximum absolute atomic E-state index is 12.6. The molecule has 28 heavy (non-hydrogen) atoms. The lowest BCUT2D eigenvalue weighted by Gasteiger charge is -2.14. The van der Waals surface area contributed by atoms with E-state index in [4.69, 9.17) is 9.84 Å². The molecule has 2 aromatic rings. The van der Waals surface area contributed by atoms with Gasteiger partial charge in [0.05, 0.1) is 5.56 Å². The fraction of sp³-hybridized carbons (Fsp3) is 0.300. The first-order chi connectivity index (χ1) is 13.1. The Labute approximate surface area is 160 Å². The predicted molar refractivity (Wildman–Crippen MR) is 95.7 cm³/mol. The lowest BCUT2D eigenvalue weighted by molar-refractivity contribution is -0.139. The Kier molecular flexibility index (Phi) is 7.03. The summed E-state index contributed by atoms with van der Waals surface area (Å²) in [7, 11) is 0. The molecule has 2 N–H and O–H groups in total. The number of ether oxygens (including phenoxy) is 1. The summed E-state index contributed by atoms with van der Waals surface area (Å²) in [6.45, 7) is 1.46. The van der Waals surface area contributed by atoms with Crippen LogP contribution in [0.25, 0.3) is 0 Å². The second-order valence-electron chi connectivity index (χ2n) is 6.35. The quantitative estimate of drug-likeness (QED) is 0.715. The zero-order valence-corrected chi connectivity index (χ0v) is 15.1. The number of benzene rings is 2. The third-order valence-electron chi connectivity index (χ3n) is 4.00. The summed E-state index contributed by atoms with van der Waals surface area (Å²) in [4.78, 5) is 22.8. The van der Waals surface area contributed by atoms with Crippen LogP contribution in [0.15, 0.2) is 48.5 Å². The summed E-state index contributed by atoms with van der Waals surface area (Å²) in [6.07, 6.45) is -4.07. The number of nitrogens with one attached hydrogen (secondary N) is 1. The molecule has 2 aromatic carbocycles. The molecule has 0 spiro atoms. The number of hydrogen-bond acceptors (Lipinski definition) is 3. The lowest BCUT2D eigenvalue weighted by atomic mass is 9.99. The summed E-state index contributed by atoms with van der Waals surface area (Å²) in [5.41, 5.74) is 0.649. The molecule has 5 nitrogen and oxygen atoms in total. The van der Waals surface area contributed by atoms with Gasteiger partial charge in [-0.05, 0) is 41.8 Å². The van der Waals surface area contributed by atoms with E-state index in [0.717, 1.165) is 17.7 Å². The molecular formula is C20H20F3NO4. The van der Waals surface area contributed by atoms with Crippen molar-refractivity contribution >= 4 is 11.9 Å². The number of carbonyl (C=O) groups is 2. The van der Waals surface area contributed by atoms with Gasteiger partial charge in [-0.15, -0.1) is 0 Å². The molecule has 1 unspecified atom stereocenters. The van der Waals surface area contributed by atoms with Gasteiger partial charge in [-0.2, -0.15) is 13.2 Å². The molecule has 0 fully saturated rings. The van der Waals surface area contributed by atoms with E-state index < -0.39 is 30.2 Å². The van der Waals surface area contributed by atoms with E-state index in [1.807, 2.05) is 0 Å². The van der Waals surface area contributed by atoms with Gasteiger partial charge in [-0.3, -0.25) is 4.79 Å². The molecule has 0 aliphatic rings. The first-order valence-corrected chi connectivity index (χ1v) is 8.52. The molecule has 2 rings (SSSR count). The number of amides is 1. The number of carboxylic acids is 1. The fourth-order valence-electron chi connectivity index (χ4n) is 2.53. The Bertz CT molecular complexity index is 819. The molecule has 0 heterocycles. The van der Waals surface area contributed by atoms with Crippen LogP contribution in [0.4, 0.5) is 13.2 Å². The van der Waals surface area contributed by atoms with E-state index in [0.29, 0.717) is 17.7 Å². The van der Waals surface area contributed by atoms with E-state index in [1.165, 1.54) is 12.1 Å². The highest BCUT2D eigenvalue weighted by Gasteiger charge is 2.30. The first-order valence-electron chi connectivity index (χ1n) is 8.52. The van der Waals surface area contributed by atoms with E-state index in [9.17, 15) is 22.8 Å². The maximum Gasteiger partial charge on any atom is 0.416 e. The number of carbonyl (C=O) groups excluding carboxylic acids is 1. The van der Waals surface area contributed by atoms with Gasteiger partial charge in [0.25, 0.3) is 0 Å². The molecule has 0 radical (unpaired) electrons. The average Bonchev–Trinajstić information content (AvgIpc) is 2.64. The van der Waals surface area contributed by atoms with Crippen molar-refractivity contribution in [3.8, 4) is 5.75 Å². The Morgan fingerprint density at radius 3 is 2.39 bits per heavy atom. The van der Waals surface area contributed by atoms with E-state index >= 15 is 0 Å². The first kappa shape index (κ1) is 21.3. The van der Waals surface area contributed by atoms with Crippen LogP contribution in [0.1, 0.15) is 23.6 Å². The van der Waals surface area contributed by atoms with Crippen molar-refractivity contribution in [2.24, 2.45) is 5.92 Å². The number of rotatable bonds is 8. The van der Waals surface area contributed by atoms with Crippen molar-refractivity contribution in [2.45, 2.75) is 26.1 Å². The molecule has 8 heteroatoms. The zero-order chi connectivity index (χ0) is 20.7. The Hall–Kier alpha value is -3.03. The molecule has 1 amide bonds. The number of carboxylic acid groups (broad SMARTS) is 1. The third-order valence-corrected chi connectivity index (χ3v) is 4.00. The highest BCUT2D eigenvalue weighted by atomic mass is 19.4. The minimum Gasteiger partial charge on any atom is -0.482 e. The zero-order valence-electron chi connectivity index (χ0n) is 15.1. The van der Waals surface area contributed by atoms with Gasteiger partial charge in [0, 0.05) is 12.5 Å². The van der Waals surface area contributed by atoms with Gasteiger partial charge in [0.15, 0.2) is 6.61 Å². The van der Waals surface area contributed by atoms with Crippen LogP contribution in [-0.4, -0.2) is 23.6 Å². The Balaban J connectivity index is 1.87. The number of aliphatic carboxylic acids is 1. The van der Waals surface area contributed by atoms with Crippen LogP contribution in [-0.2, 0) is 28.7 Å². The molecule has 0 saturated heterocycles. The Morgan fingerprint density at radius 1 is 1.11 bits per heavy atom. The number of halogens is 3. The van der Waals surface area contributed by atoms with Crippen molar-refractivity contribution in [3.05, 3.63) is 65.2 Å². The number of hydrogen-bond donors (Lipinski definition) is 2. The van der Waals surface area contributed by atoms with E-state index in [-0.39, 0.29) is 12.5 Å². The highest BCUT2D eigenvalue weighted by molar-refractivity contribution is 5.78. The van der Waals surface area contributed by atoms with Crippen molar-refractivity contribution < 1.29 is 32.6 Å². The monoisotopic (exact) mass is 395 g/mol. The van der Waals surface area contributed by atoms with Gasteiger partial charge in [-0.1, -0.05) is 31.2 Å². The van der Waals surface area contributed by atoms with Crippen molar-refractivity contribution in [1.82, 2.24) is 5.32 Å². The van der Waals surface area contributed by atoms with Crippen LogP contribution < -0.4 is 10.1 Å². The van der Waals surface area contributed by atoms with Gasteiger partial charge in [0.2, 0.25) is 5.91 Å². The third kappa shape index (κ3) is 6.61. The van der Waals surface area contributed by atoms with Crippen molar-refractivity contribution in [3.63, 3.8) is 0 Å². The van der Waals surface area contributed by atoms with Crippen LogP contribution in [0.2, 0.25) is 0 Å². The maximum atomic E-state index is 12.6. The van der Waals surface area contributed by atoms with Crippen molar-refractivity contribution in [2.75, 3.05) is 6.61 Å². The standard InChI is InChI=1S/C20H20F3NO4/c1-13(9-14-5-7-16(8-6-14)20(21,22)23)19(27)24-11-15-3-2-4-17(10-15)28-12-18(25)26/h2-8,10,13H,9,11-12H2,1H3,(H,24,27)(H,25,26). The molecule has 1 atom stereocenters. The molecular weight excluding hydrogens is 375 g/mol. The van der Waals surface area contributed by atoms with E-state index in [2.05, 4.69) is 5.32 Å². The van der Waals surface area contributed by atoms with Crippen LogP contribution in [0.5, 0.6) is 5.75 Å². The van der Waals surface area contributed by atoms with Gasteiger partial charge >= 0.3 is 12.1 Å².